The summed E-state index contributed by atoms with van der Waals surface area (Å²) >= 11 is 0. The number of carbonyl (C=O) groups excluding carboxylic acids is 1. The zero-order valence-corrected chi connectivity index (χ0v) is 15.9. The summed E-state index contributed by atoms with van der Waals surface area (Å²) in [6, 6.07) is 10.8. The maximum Gasteiger partial charge on any atom is 0.203 e. The Morgan fingerprint density at radius 3 is 2.50 bits per heavy atom. The highest BCUT2D eigenvalue weighted by Gasteiger charge is 2.28. The molecule has 0 saturated carbocycles. The number of Topliss-reactive ketones (excluding diaryl/α,β-unsaturated/α-hetero) is 1. The van der Waals surface area contributed by atoms with Crippen molar-refractivity contribution in [3.8, 4) is 17.2 Å². The molecule has 0 saturated heterocycles. The van der Waals surface area contributed by atoms with Gasteiger partial charge in [0, 0.05) is 28.2 Å². The molecule has 0 aliphatic carbocycles. The Morgan fingerprint density at radius 1 is 1.07 bits per heavy atom. The van der Waals surface area contributed by atoms with Crippen molar-refractivity contribution in [2.75, 3.05) is 27.9 Å². The van der Waals surface area contributed by atoms with Gasteiger partial charge in [0.25, 0.3) is 0 Å². The molecule has 1 aliphatic heterocycles. The van der Waals surface area contributed by atoms with Crippen molar-refractivity contribution in [2.45, 2.75) is 6.04 Å². The third-order valence-corrected chi connectivity index (χ3v) is 4.86. The number of carbonyl (C=O) groups is 1. The predicted molar refractivity (Wildman–Crippen MR) is 107 cm³/mol. The molecule has 7 nitrogen and oxygen atoms in total. The van der Waals surface area contributed by atoms with E-state index in [1.165, 1.54) is 21.3 Å². The van der Waals surface area contributed by atoms with Crippen LogP contribution in [0, 0.1) is 0 Å². The van der Waals surface area contributed by atoms with Gasteiger partial charge in [-0.25, -0.2) is 0 Å². The number of methoxy groups -OCH3 is 3. The molecule has 2 N–H and O–H groups in total. The molecule has 0 bridgehead atoms. The number of rotatable bonds is 6. The first-order valence-corrected chi connectivity index (χ1v) is 8.88. The fraction of sp³-hybridized carbons (Fsp3) is 0.238. The van der Waals surface area contributed by atoms with Crippen LogP contribution in [-0.2, 0) is 0 Å². The molecule has 0 spiro atoms. The summed E-state index contributed by atoms with van der Waals surface area (Å²) in [6.45, 7) is 0.367. The lowest BCUT2D eigenvalue weighted by atomic mass is 10.0. The van der Waals surface area contributed by atoms with Crippen molar-refractivity contribution in [2.24, 2.45) is 4.99 Å². The standard InChI is InChI=1S/C21H21N3O4/c1-26-17-9-12(10-18(27-2)20(17)28-3)19(25)16-11-23-21(24-16)14-5-4-6-15-13(14)7-8-22-15/h4-10,16,22H,11H2,1-3H3,(H,23,24). The van der Waals surface area contributed by atoms with Gasteiger partial charge in [-0.3, -0.25) is 9.79 Å². The van der Waals surface area contributed by atoms with E-state index in [0.29, 0.717) is 29.4 Å². The number of aromatic amines is 1. The lowest BCUT2D eigenvalue weighted by molar-refractivity contribution is 0.0959. The van der Waals surface area contributed by atoms with Gasteiger partial charge in [-0.15, -0.1) is 0 Å². The molecule has 7 heteroatoms. The van der Waals surface area contributed by atoms with Crippen molar-refractivity contribution < 1.29 is 19.0 Å². The minimum atomic E-state index is -0.452. The molecular formula is C21H21N3O4. The minimum Gasteiger partial charge on any atom is -0.493 e. The van der Waals surface area contributed by atoms with E-state index in [1.54, 1.807) is 12.1 Å². The number of aromatic nitrogens is 1. The smallest absolute Gasteiger partial charge is 0.203 e. The Kier molecular flexibility index (Phi) is 4.65. The molecule has 0 amide bonds. The highest BCUT2D eigenvalue weighted by Crippen LogP contribution is 2.38. The van der Waals surface area contributed by atoms with Gasteiger partial charge >= 0.3 is 0 Å². The number of benzene rings is 2. The third kappa shape index (κ3) is 2.94. The highest BCUT2D eigenvalue weighted by atomic mass is 16.5. The van der Waals surface area contributed by atoms with E-state index >= 15 is 0 Å². The van der Waals surface area contributed by atoms with Crippen LogP contribution >= 0.6 is 0 Å². The fourth-order valence-electron chi connectivity index (χ4n) is 3.47. The second kappa shape index (κ2) is 7.26. The number of hydrogen-bond donors (Lipinski definition) is 2. The van der Waals surface area contributed by atoms with Gasteiger partial charge in [0.15, 0.2) is 17.3 Å². The summed E-state index contributed by atoms with van der Waals surface area (Å²) in [5.41, 5.74) is 2.48. The summed E-state index contributed by atoms with van der Waals surface area (Å²) < 4.78 is 16.0. The molecule has 0 fully saturated rings. The van der Waals surface area contributed by atoms with Crippen molar-refractivity contribution in [3.63, 3.8) is 0 Å². The van der Waals surface area contributed by atoms with Crippen LogP contribution in [0.25, 0.3) is 10.9 Å². The summed E-state index contributed by atoms with van der Waals surface area (Å²) in [6.07, 6.45) is 1.89. The normalized spacial score (nSPS) is 15.8. The van der Waals surface area contributed by atoms with Gasteiger partial charge in [-0.1, -0.05) is 12.1 Å². The van der Waals surface area contributed by atoms with Crippen LogP contribution in [-0.4, -0.2) is 50.5 Å². The molecule has 4 rings (SSSR count). The average molecular weight is 379 g/mol. The molecule has 1 aliphatic rings. The molecule has 1 aromatic heterocycles. The zero-order valence-electron chi connectivity index (χ0n) is 15.9. The Bertz CT molecular complexity index is 1050. The lowest BCUT2D eigenvalue weighted by Crippen LogP contribution is -2.37. The topological polar surface area (TPSA) is 84.9 Å². The van der Waals surface area contributed by atoms with Gasteiger partial charge in [0.05, 0.1) is 27.9 Å². The SMILES string of the molecule is COc1cc(C(=O)C2CN=C(c3cccc4[nH]ccc34)N2)cc(OC)c1OC. The molecule has 2 aromatic carbocycles. The number of ether oxygens (including phenoxy) is 3. The first-order chi connectivity index (χ1) is 13.7. The first-order valence-electron chi connectivity index (χ1n) is 8.88. The molecule has 1 unspecified atom stereocenters. The highest BCUT2D eigenvalue weighted by molar-refractivity contribution is 6.13. The van der Waals surface area contributed by atoms with Gasteiger partial charge in [-0.2, -0.15) is 0 Å². The molecule has 2 heterocycles. The molecule has 144 valence electrons. The monoisotopic (exact) mass is 379 g/mol. The van der Waals surface area contributed by atoms with Crippen LogP contribution in [0.1, 0.15) is 15.9 Å². The summed E-state index contributed by atoms with van der Waals surface area (Å²) in [4.78, 5) is 20.8. The van der Waals surface area contributed by atoms with Gasteiger partial charge < -0.3 is 24.5 Å². The summed E-state index contributed by atoms with van der Waals surface area (Å²) in [5.74, 6) is 1.98. The van der Waals surface area contributed by atoms with Crippen molar-refractivity contribution >= 4 is 22.5 Å². The second-order valence-corrected chi connectivity index (χ2v) is 6.41. The number of nitrogens with zero attached hydrogens (tertiary/aromatic N) is 1. The number of nitrogens with one attached hydrogen (secondary N) is 2. The summed E-state index contributed by atoms with van der Waals surface area (Å²) in [7, 11) is 4.58. The Labute approximate surface area is 162 Å². The van der Waals surface area contributed by atoms with Crippen LogP contribution < -0.4 is 19.5 Å². The predicted octanol–water partition coefficient (Wildman–Crippen LogP) is 2.80. The van der Waals surface area contributed by atoms with Crippen molar-refractivity contribution in [3.05, 3.63) is 53.7 Å². The fourth-order valence-corrected chi connectivity index (χ4v) is 3.47. The van der Waals surface area contributed by atoms with E-state index in [2.05, 4.69) is 15.3 Å². The Balaban J connectivity index is 1.60. The number of amidine groups is 1. The number of hydrogen-bond acceptors (Lipinski definition) is 6. The molecule has 0 radical (unpaired) electrons. The van der Waals surface area contributed by atoms with Crippen LogP contribution in [0.4, 0.5) is 0 Å². The molecule has 1 atom stereocenters. The minimum absolute atomic E-state index is 0.0840. The van der Waals surface area contributed by atoms with E-state index in [0.717, 1.165) is 22.3 Å². The van der Waals surface area contributed by atoms with Crippen LogP contribution in [0.2, 0.25) is 0 Å². The van der Waals surface area contributed by atoms with E-state index < -0.39 is 6.04 Å². The van der Waals surface area contributed by atoms with E-state index in [-0.39, 0.29) is 5.78 Å². The van der Waals surface area contributed by atoms with E-state index in [4.69, 9.17) is 14.2 Å². The maximum atomic E-state index is 13.1. The molecular weight excluding hydrogens is 358 g/mol. The quantitative estimate of drug-likeness (QED) is 0.644. The van der Waals surface area contributed by atoms with Gasteiger partial charge in [0.1, 0.15) is 11.9 Å². The largest absolute Gasteiger partial charge is 0.493 e. The van der Waals surface area contributed by atoms with Crippen LogP contribution in [0.15, 0.2) is 47.6 Å². The van der Waals surface area contributed by atoms with Crippen LogP contribution in [0.3, 0.4) is 0 Å². The second-order valence-electron chi connectivity index (χ2n) is 6.41. The average Bonchev–Trinajstić information content (AvgIpc) is 3.41. The van der Waals surface area contributed by atoms with Crippen molar-refractivity contribution in [1.82, 2.24) is 10.3 Å². The Morgan fingerprint density at radius 2 is 1.82 bits per heavy atom. The third-order valence-electron chi connectivity index (χ3n) is 4.86. The number of aliphatic imine (C=N–C) groups is 1. The number of ketones is 1. The van der Waals surface area contributed by atoms with E-state index in [9.17, 15) is 4.79 Å². The summed E-state index contributed by atoms with van der Waals surface area (Å²) in [5, 5.41) is 4.33. The van der Waals surface area contributed by atoms with E-state index in [1.807, 2.05) is 30.5 Å². The maximum absolute atomic E-state index is 13.1. The Hall–Kier alpha value is -3.48. The number of H-pyrrole nitrogens is 1. The molecule has 28 heavy (non-hydrogen) atoms. The van der Waals surface area contributed by atoms with Gasteiger partial charge in [-0.05, 0) is 24.3 Å². The number of fused-ring (bicyclic) bond motifs is 1. The van der Waals surface area contributed by atoms with Gasteiger partial charge in [0.2, 0.25) is 5.75 Å². The van der Waals surface area contributed by atoms with Crippen LogP contribution in [0.5, 0.6) is 17.2 Å². The molecule has 3 aromatic rings. The zero-order chi connectivity index (χ0) is 19.7. The van der Waals surface area contributed by atoms with Crippen molar-refractivity contribution in [1.29, 1.82) is 0 Å². The lowest BCUT2D eigenvalue weighted by Gasteiger charge is -2.16. The first kappa shape index (κ1) is 17.9.